The fourth-order valence-corrected chi connectivity index (χ4v) is 5.00. The van der Waals surface area contributed by atoms with Crippen LogP contribution in [0.15, 0.2) is 16.6 Å². The number of aromatic nitrogens is 2. The van der Waals surface area contributed by atoms with Gasteiger partial charge in [-0.05, 0) is 43.0 Å². The highest BCUT2D eigenvalue weighted by Crippen LogP contribution is 2.35. The third kappa shape index (κ3) is 3.39. The van der Waals surface area contributed by atoms with Gasteiger partial charge in [-0.3, -0.25) is 15.0 Å². The van der Waals surface area contributed by atoms with Gasteiger partial charge in [-0.25, -0.2) is 14.8 Å². The molecule has 0 radical (unpaired) electrons. The normalized spacial score (nSPS) is 24.8. The number of carbonyl (C=O) groups excluding carboxylic acids is 3. The minimum absolute atomic E-state index is 0.0442. The van der Waals surface area contributed by atoms with E-state index in [-0.39, 0.29) is 11.7 Å². The molecule has 0 atom stereocenters. The summed E-state index contributed by atoms with van der Waals surface area (Å²) in [5, 5.41) is 6.60. The van der Waals surface area contributed by atoms with Crippen molar-refractivity contribution in [1.29, 1.82) is 0 Å². The van der Waals surface area contributed by atoms with E-state index in [1.807, 2.05) is 11.4 Å². The molecule has 4 rings (SSSR count). The van der Waals surface area contributed by atoms with Crippen molar-refractivity contribution in [3.05, 3.63) is 11.4 Å². The Bertz CT molecular complexity index is 954. The number of nitrogens with zero attached hydrogens (tertiary/aromatic N) is 3. The number of urea groups is 1. The van der Waals surface area contributed by atoms with Gasteiger partial charge in [-0.15, -0.1) is 11.3 Å². The van der Waals surface area contributed by atoms with E-state index < -0.39 is 17.5 Å². The summed E-state index contributed by atoms with van der Waals surface area (Å²) in [5.41, 5.74) is 7.42. The predicted molar refractivity (Wildman–Crippen MR) is 106 cm³/mol. The number of hydrazine groups is 1. The van der Waals surface area contributed by atoms with Crippen LogP contribution in [-0.4, -0.2) is 44.1 Å². The Labute approximate surface area is 169 Å². The number of thiophene rings is 1. The fourth-order valence-electron chi connectivity index (χ4n) is 3.53. The van der Waals surface area contributed by atoms with Crippen molar-refractivity contribution in [2.24, 2.45) is 5.92 Å². The highest BCUT2D eigenvalue weighted by molar-refractivity contribution is 7.99. The molecule has 28 heavy (non-hydrogen) atoms. The molecule has 1 spiro atoms. The molecule has 2 aromatic heterocycles. The van der Waals surface area contributed by atoms with Crippen LogP contribution in [0.5, 0.6) is 0 Å². The molecule has 9 nitrogen and oxygen atoms in total. The first kappa shape index (κ1) is 18.9. The number of nitrogens with two attached hydrogens (primary N) is 1. The molecule has 2 aliphatic rings. The Balaban J connectivity index is 1.38. The lowest BCUT2D eigenvalue weighted by atomic mass is 9.77. The summed E-state index contributed by atoms with van der Waals surface area (Å²) < 4.78 is 0. The quantitative estimate of drug-likeness (QED) is 0.391. The van der Waals surface area contributed by atoms with Crippen LogP contribution in [-0.2, 0) is 9.59 Å². The van der Waals surface area contributed by atoms with Crippen LogP contribution in [0.2, 0.25) is 0 Å². The van der Waals surface area contributed by atoms with Gasteiger partial charge in [0.15, 0.2) is 5.16 Å². The number of fused-ring (bicyclic) bond motifs is 1. The van der Waals surface area contributed by atoms with E-state index in [9.17, 15) is 14.4 Å². The van der Waals surface area contributed by atoms with Crippen molar-refractivity contribution in [2.75, 3.05) is 11.5 Å². The van der Waals surface area contributed by atoms with Crippen molar-refractivity contribution in [3.8, 4) is 0 Å². The number of amides is 4. The lowest BCUT2D eigenvalue weighted by molar-refractivity contribution is -0.139. The summed E-state index contributed by atoms with van der Waals surface area (Å²) in [6.45, 7) is 2.13. The molecule has 0 aromatic carbocycles. The topological polar surface area (TPSA) is 130 Å². The van der Waals surface area contributed by atoms with Crippen LogP contribution in [0.25, 0.3) is 10.2 Å². The lowest BCUT2D eigenvalue weighted by Crippen LogP contribution is -2.51. The van der Waals surface area contributed by atoms with Crippen LogP contribution in [0.1, 0.15) is 32.6 Å². The molecular weight excluding hydrogens is 400 g/mol. The maximum absolute atomic E-state index is 12.8. The Morgan fingerprint density at radius 1 is 1.43 bits per heavy atom. The van der Waals surface area contributed by atoms with E-state index in [1.165, 1.54) is 11.3 Å². The zero-order chi connectivity index (χ0) is 19.9. The minimum atomic E-state index is -0.883. The van der Waals surface area contributed by atoms with Crippen LogP contribution in [0, 0.1) is 5.92 Å². The number of hydrogen-bond acceptors (Lipinski definition) is 8. The second-order valence-electron chi connectivity index (χ2n) is 7.19. The highest BCUT2D eigenvalue weighted by atomic mass is 32.2. The summed E-state index contributed by atoms with van der Waals surface area (Å²) in [4.78, 5) is 46.6. The number of imide groups is 1. The van der Waals surface area contributed by atoms with Crippen molar-refractivity contribution in [1.82, 2.24) is 25.7 Å². The number of hydrogen-bond donors (Lipinski definition) is 3. The summed E-state index contributed by atoms with van der Waals surface area (Å²) in [6.07, 6.45) is 2.92. The average Bonchev–Trinajstić information content (AvgIpc) is 3.22. The van der Waals surface area contributed by atoms with Crippen LogP contribution in [0.4, 0.5) is 10.6 Å². The van der Waals surface area contributed by atoms with E-state index in [4.69, 9.17) is 5.73 Å². The van der Waals surface area contributed by atoms with Crippen molar-refractivity contribution in [3.63, 3.8) is 0 Å². The number of nitrogens with one attached hydrogen (secondary N) is 2. The summed E-state index contributed by atoms with van der Waals surface area (Å²) in [6, 6.07) is 1.26. The second kappa shape index (κ2) is 7.21. The van der Waals surface area contributed by atoms with Gasteiger partial charge < -0.3 is 11.1 Å². The molecule has 4 amide bonds. The molecule has 3 heterocycles. The SMILES string of the molecule is CC1CCC2(CC1)NC(=O)N(NC(=O)CSc1nc(N)c3ccsc3n1)C2=O. The summed E-state index contributed by atoms with van der Waals surface area (Å²) >= 11 is 2.54. The first-order valence-corrected chi connectivity index (χ1v) is 10.8. The second-order valence-corrected chi connectivity index (χ2v) is 9.03. The zero-order valence-electron chi connectivity index (χ0n) is 15.2. The molecule has 148 valence electrons. The van der Waals surface area contributed by atoms with Gasteiger partial charge in [0, 0.05) is 0 Å². The average molecular weight is 421 g/mol. The molecular formula is C17H20N6O3S2. The number of rotatable bonds is 4. The van der Waals surface area contributed by atoms with Crippen molar-refractivity contribution >= 4 is 57.0 Å². The van der Waals surface area contributed by atoms with Gasteiger partial charge in [0.1, 0.15) is 16.2 Å². The lowest BCUT2D eigenvalue weighted by Gasteiger charge is -2.33. The molecule has 1 saturated heterocycles. The molecule has 0 unspecified atom stereocenters. The Hall–Kier alpha value is -2.40. The van der Waals surface area contributed by atoms with Gasteiger partial charge in [0.25, 0.3) is 5.91 Å². The number of nitrogen functional groups attached to an aromatic ring is 1. The minimum Gasteiger partial charge on any atom is -0.383 e. The van der Waals surface area contributed by atoms with Gasteiger partial charge in [-0.1, -0.05) is 18.7 Å². The highest BCUT2D eigenvalue weighted by Gasteiger charge is 2.52. The molecule has 1 aliphatic heterocycles. The maximum atomic E-state index is 12.8. The molecule has 2 fully saturated rings. The van der Waals surface area contributed by atoms with Gasteiger partial charge >= 0.3 is 6.03 Å². The van der Waals surface area contributed by atoms with E-state index in [0.29, 0.717) is 29.7 Å². The Kier molecular flexibility index (Phi) is 4.88. The van der Waals surface area contributed by atoms with E-state index in [2.05, 4.69) is 27.6 Å². The molecule has 11 heteroatoms. The number of carbonyl (C=O) groups is 3. The molecule has 1 saturated carbocycles. The summed E-state index contributed by atoms with van der Waals surface area (Å²) in [5.74, 6) is -0.0242. The van der Waals surface area contributed by atoms with E-state index >= 15 is 0 Å². The largest absolute Gasteiger partial charge is 0.383 e. The van der Waals surface area contributed by atoms with Crippen molar-refractivity contribution in [2.45, 2.75) is 43.3 Å². The van der Waals surface area contributed by atoms with Crippen LogP contribution >= 0.6 is 23.1 Å². The van der Waals surface area contributed by atoms with Gasteiger partial charge in [0.2, 0.25) is 5.91 Å². The Morgan fingerprint density at radius 3 is 2.93 bits per heavy atom. The standard InChI is InChI=1S/C17H20N6O3S2/c1-9-2-5-17(6-3-9)14(25)23(16(26)21-17)22-11(24)8-28-15-19-12(18)10-4-7-27-13(10)20-15/h4,7,9H,2-3,5-6,8H2,1H3,(H,21,26)(H,22,24)(H2,18,19,20). The first-order chi connectivity index (χ1) is 13.4. The number of anilines is 1. The maximum Gasteiger partial charge on any atom is 0.344 e. The predicted octanol–water partition coefficient (Wildman–Crippen LogP) is 1.90. The van der Waals surface area contributed by atoms with Crippen LogP contribution in [0.3, 0.4) is 0 Å². The summed E-state index contributed by atoms with van der Waals surface area (Å²) in [7, 11) is 0. The monoisotopic (exact) mass is 420 g/mol. The molecule has 1 aliphatic carbocycles. The Morgan fingerprint density at radius 2 is 2.18 bits per heavy atom. The van der Waals surface area contributed by atoms with E-state index in [0.717, 1.165) is 39.8 Å². The molecule has 4 N–H and O–H groups in total. The molecule has 2 aromatic rings. The smallest absolute Gasteiger partial charge is 0.344 e. The third-order valence-electron chi connectivity index (χ3n) is 5.19. The zero-order valence-corrected chi connectivity index (χ0v) is 16.9. The van der Waals surface area contributed by atoms with Crippen LogP contribution < -0.4 is 16.5 Å². The molecule has 0 bridgehead atoms. The third-order valence-corrected chi connectivity index (χ3v) is 6.85. The fraction of sp³-hybridized carbons (Fsp3) is 0.471. The van der Waals surface area contributed by atoms with Crippen molar-refractivity contribution < 1.29 is 14.4 Å². The van der Waals surface area contributed by atoms with E-state index in [1.54, 1.807) is 0 Å². The van der Waals surface area contributed by atoms with Gasteiger partial charge in [0.05, 0.1) is 11.1 Å². The first-order valence-electron chi connectivity index (χ1n) is 8.98. The van der Waals surface area contributed by atoms with Gasteiger partial charge in [-0.2, -0.15) is 5.01 Å². The number of thioether (sulfide) groups is 1.